The standard InChI is InChI=1S/C23H24N6O3/c1-4-6-16-19-20(29(3)28-16)23(31)27-22(26-19)15-11-13(8-10-18(15)32-5-2)14-7-9-17(21(24)30)25-12-14/h7-12H,4-6H2,1-3H3,(H2,24,30)(H,26,27,31). The van der Waals surface area contributed by atoms with Crippen molar-refractivity contribution in [2.45, 2.75) is 26.7 Å². The fourth-order valence-corrected chi connectivity index (χ4v) is 3.67. The largest absolute Gasteiger partial charge is 0.493 e. The minimum Gasteiger partial charge on any atom is -0.493 e. The number of primary amides is 1. The molecule has 3 heterocycles. The van der Waals surface area contributed by atoms with Gasteiger partial charge in [0.25, 0.3) is 11.5 Å². The number of benzene rings is 1. The molecule has 0 aliphatic carbocycles. The number of aromatic nitrogens is 5. The molecule has 3 N–H and O–H groups in total. The van der Waals surface area contributed by atoms with Crippen molar-refractivity contribution >= 4 is 16.9 Å². The van der Waals surface area contributed by atoms with Gasteiger partial charge in [0.1, 0.15) is 22.8 Å². The van der Waals surface area contributed by atoms with E-state index in [9.17, 15) is 9.59 Å². The molecule has 4 rings (SSSR count). The first-order chi connectivity index (χ1) is 15.4. The molecule has 0 unspecified atom stereocenters. The number of aryl methyl sites for hydroxylation is 2. The number of ether oxygens (including phenoxy) is 1. The van der Waals surface area contributed by atoms with Crippen LogP contribution >= 0.6 is 0 Å². The number of pyridine rings is 1. The van der Waals surface area contributed by atoms with E-state index in [2.05, 4.69) is 22.0 Å². The molecule has 32 heavy (non-hydrogen) atoms. The predicted molar refractivity (Wildman–Crippen MR) is 121 cm³/mol. The molecule has 0 saturated carbocycles. The number of nitrogens with zero attached hydrogens (tertiary/aromatic N) is 4. The summed E-state index contributed by atoms with van der Waals surface area (Å²) in [7, 11) is 1.74. The summed E-state index contributed by atoms with van der Waals surface area (Å²) >= 11 is 0. The lowest BCUT2D eigenvalue weighted by molar-refractivity contribution is 0.0995. The molecule has 1 amide bonds. The zero-order valence-electron chi connectivity index (χ0n) is 18.2. The van der Waals surface area contributed by atoms with E-state index in [1.165, 1.54) is 0 Å². The van der Waals surface area contributed by atoms with E-state index in [0.29, 0.717) is 34.8 Å². The molecule has 0 aliphatic rings. The Balaban J connectivity index is 1.88. The van der Waals surface area contributed by atoms with Crippen molar-refractivity contribution in [3.05, 3.63) is 58.3 Å². The first-order valence-electron chi connectivity index (χ1n) is 10.4. The van der Waals surface area contributed by atoms with Gasteiger partial charge in [-0.25, -0.2) is 4.98 Å². The van der Waals surface area contributed by atoms with Crippen LogP contribution in [0.1, 0.15) is 36.5 Å². The van der Waals surface area contributed by atoms with Gasteiger partial charge in [0.15, 0.2) is 5.52 Å². The number of H-pyrrole nitrogens is 1. The minimum absolute atomic E-state index is 0.191. The highest BCUT2D eigenvalue weighted by molar-refractivity contribution is 5.91. The number of hydrogen-bond donors (Lipinski definition) is 2. The Morgan fingerprint density at radius 3 is 2.62 bits per heavy atom. The first kappa shape index (κ1) is 21.2. The molecule has 0 aliphatic heterocycles. The van der Waals surface area contributed by atoms with Crippen LogP contribution in [0, 0.1) is 0 Å². The monoisotopic (exact) mass is 432 g/mol. The zero-order chi connectivity index (χ0) is 22.8. The maximum Gasteiger partial charge on any atom is 0.277 e. The van der Waals surface area contributed by atoms with Crippen molar-refractivity contribution < 1.29 is 9.53 Å². The van der Waals surface area contributed by atoms with E-state index in [-0.39, 0.29) is 11.3 Å². The van der Waals surface area contributed by atoms with Crippen LogP contribution in [-0.2, 0) is 13.5 Å². The molecule has 1 aromatic carbocycles. The number of aromatic amines is 1. The lowest BCUT2D eigenvalue weighted by Crippen LogP contribution is -2.13. The Labute approximate surface area is 184 Å². The van der Waals surface area contributed by atoms with E-state index < -0.39 is 5.91 Å². The summed E-state index contributed by atoms with van der Waals surface area (Å²) in [6.07, 6.45) is 3.20. The maximum atomic E-state index is 12.9. The van der Waals surface area contributed by atoms with Gasteiger partial charge in [0, 0.05) is 18.8 Å². The van der Waals surface area contributed by atoms with Crippen LogP contribution in [-0.4, -0.2) is 37.2 Å². The number of carbonyl (C=O) groups excluding carboxylic acids is 1. The Morgan fingerprint density at radius 2 is 1.97 bits per heavy atom. The van der Waals surface area contributed by atoms with E-state index in [4.69, 9.17) is 15.5 Å². The zero-order valence-corrected chi connectivity index (χ0v) is 18.2. The Kier molecular flexibility index (Phi) is 5.72. The Morgan fingerprint density at radius 1 is 1.19 bits per heavy atom. The van der Waals surface area contributed by atoms with Crippen molar-refractivity contribution in [3.63, 3.8) is 0 Å². The van der Waals surface area contributed by atoms with Crippen LogP contribution in [0.3, 0.4) is 0 Å². The van der Waals surface area contributed by atoms with Crippen LogP contribution in [0.25, 0.3) is 33.5 Å². The van der Waals surface area contributed by atoms with Crippen LogP contribution in [0.5, 0.6) is 5.75 Å². The summed E-state index contributed by atoms with van der Waals surface area (Å²) in [4.78, 5) is 36.0. The Bertz CT molecular complexity index is 1350. The molecule has 9 heteroatoms. The average Bonchev–Trinajstić information content (AvgIpc) is 3.10. The number of fused-ring (bicyclic) bond motifs is 1. The summed E-state index contributed by atoms with van der Waals surface area (Å²) in [5.74, 6) is 0.416. The smallest absolute Gasteiger partial charge is 0.277 e. The normalized spacial score (nSPS) is 11.1. The third-order valence-electron chi connectivity index (χ3n) is 5.13. The molecule has 164 valence electrons. The molecule has 0 fully saturated rings. The number of nitrogens with one attached hydrogen (secondary N) is 1. The third kappa shape index (κ3) is 3.84. The van der Waals surface area contributed by atoms with Gasteiger partial charge < -0.3 is 15.5 Å². The number of hydrogen-bond acceptors (Lipinski definition) is 6. The quantitative estimate of drug-likeness (QED) is 0.462. The van der Waals surface area contributed by atoms with Gasteiger partial charge >= 0.3 is 0 Å². The van der Waals surface area contributed by atoms with Crippen molar-refractivity contribution in [2.75, 3.05) is 6.61 Å². The van der Waals surface area contributed by atoms with Gasteiger partial charge in [-0.2, -0.15) is 5.10 Å². The van der Waals surface area contributed by atoms with Crippen LogP contribution < -0.4 is 16.0 Å². The van der Waals surface area contributed by atoms with E-state index in [1.54, 1.807) is 30.1 Å². The summed E-state index contributed by atoms with van der Waals surface area (Å²) < 4.78 is 7.38. The van der Waals surface area contributed by atoms with Gasteiger partial charge in [0.2, 0.25) is 0 Å². The second-order valence-electron chi connectivity index (χ2n) is 7.37. The summed E-state index contributed by atoms with van der Waals surface area (Å²) in [6, 6.07) is 8.94. The molecule has 0 atom stereocenters. The second-order valence-corrected chi connectivity index (χ2v) is 7.37. The van der Waals surface area contributed by atoms with Crippen LogP contribution in [0.2, 0.25) is 0 Å². The predicted octanol–water partition coefficient (Wildman–Crippen LogP) is 2.84. The molecule has 9 nitrogen and oxygen atoms in total. The molecule has 0 bridgehead atoms. The lowest BCUT2D eigenvalue weighted by Gasteiger charge is -2.12. The first-order valence-corrected chi connectivity index (χ1v) is 10.4. The van der Waals surface area contributed by atoms with Gasteiger partial charge in [-0.1, -0.05) is 25.5 Å². The molecule has 3 aromatic heterocycles. The van der Waals surface area contributed by atoms with Gasteiger partial charge in [-0.3, -0.25) is 19.3 Å². The number of rotatable bonds is 7. The highest BCUT2D eigenvalue weighted by Crippen LogP contribution is 2.33. The number of carbonyl (C=O) groups is 1. The molecule has 4 aromatic rings. The SMILES string of the molecule is CCCc1nn(C)c2c(=O)[nH]c(-c3cc(-c4ccc(C(N)=O)nc4)ccc3OCC)nc12. The summed E-state index contributed by atoms with van der Waals surface area (Å²) in [5.41, 5.74) is 9.30. The minimum atomic E-state index is -0.585. The van der Waals surface area contributed by atoms with Crippen molar-refractivity contribution in [3.8, 4) is 28.3 Å². The Hall–Kier alpha value is -4.01. The average molecular weight is 432 g/mol. The van der Waals surface area contributed by atoms with Gasteiger partial charge in [0.05, 0.1) is 17.9 Å². The van der Waals surface area contributed by atoms with Crippen molar-refractivity contribution in [2.24, 2.45) is 12.8 Å². The van der Waals surface area contributed by atoms with Crippen molar-refractivity contribution in [1.82, 2.24) is 24.7 Å². The maximum absolute atomic E-state index is 12.9. The fourth-order valence-electron chi connectivity index (χ4n) is 3.67. The molecule has 0 saturated heterocycles. The second kappa shape index (κ2) is 8.62. The van der Waals surface area contributed by atoms with E-state index in [1.807, 2.05) is 25.1 Å². The van der Waals surface area contributed by atoms with Gasteiger partial charge in [-0.15, -0.1) is 0 Å². The summed E-state index contributed by atoms with van der Waals surface area (Å²) in [5, 5.41) is 4.48. The fraction of sp³-hybridized carbons (Fsp3) is 0.261. The third-order valence-corrected chi connectivity index (χ3v) is 5.13. The molecular weight excluding hydrogens is 408 g/mol. The molecule has 0 spiro atoms. The molecular formula is C23H24N6O3. The highest BCUT2D eigenvalue weighted by Gasteiger charge is 2.18. The van der Waals surface area contributed by atoms with E-state index >= 15 is 0 Å². The van der Waals surface area contributed by atoms with Crippen LogP contribution in [0.4, 0.5) is 0 Å². The van der Waals surface area contributed by atoms with Crippen molar-refractivity contribution in [1.29, 1.82) is 0 Å². The van der Waals surface area contributed by atoms with Crippen LogP contribution in [0.15, 0.2) is 41.3 Å². The number of nitrogens with two attached hydrogens (primary N) is 1. The van der Waals surface area contributed by atoms with E-state index in [0.717, 1.165) is 29.7 Å². The number of amides is 1. The van der Waals surface area contributed by atoms with Gasteiger partial charge in [-0.05, 0) is 37.1 Å². The lowest BCUT2D eigenvalue weighted by atomic mass is 10.0. The highest BCUT2D eigenvalue weighted by atomic mass is 16.5. The topological polar surface area (TPSA) is 129 Å². The summed E-state index contributed by atoms with van der Waals surface area (Å²) in [6.45, 7) is 4.41. The molecule has 0 radical (unpaired) electrons.